The fourth-order valence-corrected chi connectivity index (χ4v) is 1.46. The van der Waals surface area contributed by atoms with Gasteiger partial charge in [0.05, 0.1) is 0 Å². The molecule has 7 heteroatoms. The largest absolute Gasteiger partial charge is 1.00 e. The van der Waals surface area contributed by atoms with Crippen LogP contribution >= 0.6 is 11.3 Å². The molecular weight excluding hydrogens is 215 g/mol. The maximum Gasteiger partial charge on any atom is 1.00 e. The van der Waals surface area contributed by atoms with Gasteiger partial charge in [0.2, 0.25) is 0 Å². The second-order valence-electron chi connectivity index (χ2n) is 1.93. The molecule has 0 amide bonds. The summed E-state index contributed by atoms with van der Waals surface area (Å²) in [6, 6.07) is 1.17. The van der Waals surface area contributed by atoms with Gasteiger partial charge in [-0.15, -0.1) is 0 Å². The van der Waals surface area contributed by atoms with E-state index in [0.29, 0.717) is 11.3 Å². The molecule has 0 spiro atoms. The van der Waals surface area contributed by atoms with Crippen molar-refractivity contribution in [2.75, 3.05) is 0 Å². The minimum atomic E-state index is -5.01. The zero-order chi connectivity index (χ0) is 8.48. The molecule has 1 nitrogen and oxygen atoms in total. The smallest absolute Gasteiger partial charge is 0.444 e. The fraction of sp³-hybridized carbons (Fsp3) is 0. The summed E-state index contributed by atoms with van der Waals surface area (Å²) < 4.78 is 35.2. The van der Waals surface area contributed by atoms with Gasteiger partial charge in [-0.25, -0.2) is 0 Å². The third-order valence-electron chi connectivity index (χ3n) is 1.15. The summed E-state index contributed by atoms with van der Waals surface area (Å²) in [7, 11) is 0. The molecule has 0 bridgehead atoms. The van der Waals surface area contributed by atoms with Gasteiger partial charge in [-0.1, -0.05) is 0 Å². The first-order chi connectivity index (χ1) is 5.05. The summed E-state index contributed by atoms with van der Waals surface area (Å²) in [6.07, 6.45) is 0.223. The third kappa shape index (κ3) is 2.97. The minimum Gasteiger partial charge on any atom is -0.444 e. The number of hydrogen-bond donors (Lipinski definition) is 0. The van der Waals surface area contributed by atoms with Crippen LogP contribution in [-0.2, 0) is 0 Å². The van der Waals surface area contributed by atoms with Crippen LogP contribution in [0.25, 0.3) is 0 Å². The van der Waals surface area contributed by atoms with Gasteiger partial charge < -0.3 is 12.9 Å². The van der Waals surface area contributed by atoms with E-state index < -0.39 is 11.8 Å². The molecule has 60 valence electrons. The summed E-state index contributed by atoms with van der Waals surface area (Å²) in [5, 5.41) is 1.26. The van der Waals surface area contributed by atoms with Crippen LogP contribution in [0.5, 0.6) is 0 Å². The number of aldehydes is 1. The Morgan fingerprint density at radius 1 is 1.42 bits per heavy atom. The first kappa shape index (κ1) is 12.9. The van der Waals surface area contributed by atoms with Crippen molar-refractivity contribution in [2.45, 2.75) is 0 Å². The van der Waals surface area contributed by atoms with Gasteiger partial charge in [0.15, 0.2) is 0 Å². The SMILES string of the molecule is O=Cc1ccsc1[B-](F)(F)F.[K+]. The Kier molecular flexibility index (Phi) is 5.27. The minimum absolute atomic E-state index is 0. The molecule has 0 aliphatic carbocycles. The van der Waals surface area contributed by atoms with Crippen LogP contribution in [0.15, 0.2) is 11.4 Å². The van der Waals surface area contributed by atoms with Crippen LogP contribution in [0.4, 0.5) is 12.9 Å². The van der Waals surface area contributed by atoms with E-state index in [2.05, 4.69) is 0 Å². The molecule has 0 aliphatic rings. The van der Waals surface area contributed by atoms with Gasteiger partial charge in [0, 0.05) is 0 Å². The molecule has 0 aromatic carbocycles. The number of carbonyl (C=O) groups excluding carboxylic acids is 1. The molecule has 0 radical (unpaired) electrons. The van der Waals surface area contributed by atoms with Crippen molar-refractivity contribution in [2.24, 2.45) is 0 Å². The van der Waals surface area contributed by atoms with E-state index in [4.69, 9.17) is 0 Å². The van der Waals surface area contributed by atoms with Crippen molar-refractivity contribution in [1.29, 1.82) is 0 Å². The Hall–Kier alpha value is 0.861. The summed E-state index contributed by atoms with van der Waals surface area (Å²) in [5.41, 5.74) is -0.262. The van der Waals surface area contributed by atoms with Crippen LogP contribution in [0.3, 0.4) is 0 Å². The van der Waals surface area contributed by atoms with Crippen LogP contribution in [0.2, 0.25) is 0 Å². The molecule has 1 rings (SSSR count). The summed E-state index contributed by atoms with van der Waals surface area (Å²) >= 11 is 0.553. The molecular formula is C5H3BF3KOS. The molecule has 0 saturated heterocycles. The summed E-state index contributed by atoms with van der Waals surface area (Å²) in [4.78, 5) is 10.1. The van der Waals surface area contributed by atoms with E-state index in [1.807, 2.05) is 0 Å². The van der Waals surface area contributed by atoms with Gasteiger partial charge in [-0.2, -0.15) is 11.3 Å². The Morgan fingerprint density at radius 3 is 2.33 bits per heavy atom. The second kappa shape index (κ2) is 4.92. The van der Waals surface area contributed by atoms with Gasteiger partial charge in [-0.05, 0) is 21.8 Å². The second-order valence-corrected chi connectivity index (χ2v) is 2.88. The molecule has 0 fully saturated rings. The van der Waals surface area contributed by atoms with Crippen LogP contribution in [0.1, 0.15) is 10.4 Å². The van der Waals surface area contributed by atoms with E-state index in [0.717, 1.165) is 0 Å². The van der Waals surface area contributed by atoms with Crippen molar-refractivity contribution >= 4 is 29.4 Å². The number of rotatable bonds is 2. The van der Waals surface area contributed by atoms with Crippen LogP contribution in [-0.4, -0.2) is 13.3 Å². The van der Waals surface area contributed by atoms with Crippen molar-refractivity contribution in [3.63, 3.8) is 0 Å². The summed E-state index contributed by atoms with van der Waals surface area (Å²) in [5.74, 6) is 0. The Morgan fingerprint density at radius 2 is 2.00 bits per heavy atom. The van der Waals surface area contributed by atoms with Crippen molar-refractivity contribution in [3.8, 4) is 0 Å². The maximum absolute atomic E-state index is 12.0. The van der Waals surface area contributed by atoms with Gasteiger partial charge >= 0.3 is 58.4 Å². The monoisotopic (exact) mass is 218 g/mol. The van der Waals surface area contributed by atoms with E-state index in [-0.39, 0.29) is 63.2 Å². The molecule has 0 atom stereocenters. The first-order valence-electron chi connectivity index (χ1n) is 2.78. The predicted octanol–water partition coefficient (Wildman–Crippen LogP) is -1.38. The number of hydrogen-bond acceptors (Lipinski definition) is 2. The Bertz CT molecular complexity index is 272. The molecule has 0 saturated carbocycles. The molecule has 1 aromatic rings. The normalized spacial score (nSPS) is 10.6. The van der Waals surface area contributed by atoms with Gasteiger partial charge in [0.1, 0.15) is 6.29 Å². The maximum atomic E-state index is 12.0. The fourth-order valence-electron chi connectivity index (χ4n) is 0.694. The summed E-state index contributed by atoms with van der Waals surface area (Å²) in [6.45, 7) is -5.01. The zero-order valence-electron chi connectivity index (χ0n) is 6.26. The third-order valence-corrected chi connectivity index (χ3v) is 2.18. The van der Waals surface area contributed by atoms with Crippen molar-refractivity contribution in [3.05, 3.63) is 17.0 Å². The quantitative estimate of drug-likeness (QED) is 0.441. The predicted molar refractivity (Wildman–Crippen MR) is 38.4 cm³/mol. The zero-order valence-corrected chi connectivity index (χ0v) is 10.2. The van der Waals surface area contributed by atoms with Crippen LogP contribution in [0, 0.1) is 0 Å². The molecule has 1 heterocycles. The number of thiophene rings is 1. The molecule has 1 aromatic heterocycles. The van der Waals surface area contributed by atoms with E-state index >= 15 is 0 Å². The Balaban J connectivity index is 0.00000121. The number of carbonyl (C=O) groups is 1. The molecule has 12 heavy (non-hydrogen) atoms. The van der Waals surface area contributed by atoms with Crippen molar-refractivity contribution < 1.29 is 69.1 Å². The average molecular weight is 218 g/mol. The number of halogens is 3. The van der Waals surface area contributed by atoms with E-state index in [1.54, 1.807) is 0 Å². The van der Waals surface area contributed by atoms with Crippen molar-refractivity contribution in [1.82, 2.24) is 0 Å². The topological polar surface area (TPSA) is 17.1 Å². The average Bonchev–Trinajstić information content (AvgIpc) is 2.31. The van der Waals surface area contributed by atoms with Gasteiger partial charge in [-0.3, -0.25) is 4.79 Å². The van der Waals surface area contributed by atoms with Crippen LogP contribution < -0.4 is 56.2 Å². The standard InChI is InChI=1S/C5H3BF3OS.K/c7-6(8,9)5-4(3-10)1-2-11-5;/h1-3H;/q-1;+1. The molecule has 0 N–H and O–H groups in total. The molecule has 0 aliphatic heterocycles. The molecule has 0 unspecified atom stereocenters. The van der Waals surface area contributed by atoms with Gasteiger partial charge in [0.25, 0.3) is 0 Å². The van der Waals surface area contributed by atoms with E-state index in [9.17, 15) is 17.7 Å². The first-order valence-corrected chi connectivity index (χ1v) is 3.66. The Labute approximate surface area is 114 Å². The van der Waals surface area contributed by atoms with E-state index in [1.165, 1.54) is 11.4 Å².